The molecule has 1 aliphatic rings. The van der Waals surface area contributed by atoms with Crippen LogP contribution in [0.4, 0.5) is 0 Å². The second kappa shape index (κ2) is 8.11. The highest BCUT2D eigenvalue weighted by Gasteiger charge is 2.32. The molecule has 3 rings (SSSR count). The van der Waals surface area contributed by atoms with Gasteiger partial charge in [-0.2, -0.15) is 0 Å². The van der Waals surface area contributed by atoms with Gasteiger partial charge in [0.1, 0.15) is 6.04 Å². The zero-order valence-corrected chi connectivity index (χ0v) is 15.4. The average molecular weight is 373 g/mol. The number of carbonyl (C=O) groups is 3. The van der Waals surface area contributed by atoms with E-state index >= 15 is 0 Å². The molecule has 8 heteroatoms. The summed E-state index contributed by atoms with van der Waals surface area (Å²) in [7, 11) is 0. The number of nitrogens with one attached hydrogen (secondary N) is 1. The molecule has 2 aromatic heterocycles. The maximum atomic E-state index is 12.9. The lowest BCUT2D eigenvalue weighted by molar-refractivity contribution is -0.135. The second-order valence-corrected chi connectivity index (χ2v) is 6.77. The Labute approximate surface area is 157 Å². The number of rotatable bonds is 5. The van der Waals surface area contributed by atoms with E-state index in [1.54, 1.807) is 34.1 Å². The SMILES string of the molecule is CC(C)[C@@H](NC(=O)c1ccco1)C(=O)N1CCN(C(=O)c2ccco2)CC1. The van der Waals surface area contributed by atoms with Crippen LogP contribution >= 0.6 is 0 Å². The van der Waals surface area contributed by atoms with E-state index in [1.807, 2.05) is 13.8 Å². The minimum Gasteiger partial charge on any atom is -0.459 e. The Hall–Kier alpha value is -3.03. The van der Waals surface area contributed by atoms with E-state index < -0.39 is 11.9 Å². The topological polar surface area (TPSA) is 96.0 Å². The van der Waals surface area contributed by atoms with E-state index in [0.29, 0.717) is 31.9 Å². The maximum absolute atomic E-state index is 12.9. The van der Waals surface area contributed by atoms with E-state index in [9.17, 15) is 14.4 Å². The third-order valence-corrected chi connectivity index (χ3v) is 4.57. The number of piperazine rings is 1. The zero-order chi connectivity index (χ0) is 19.4. The fraction of sp³-hybridized carbons (Fsp3) is 0.421. The molecule has 0 bridgehead atoms. The summed E-state index contributed by atoms with van der Waals surface area (Å²) in [6.07, 6.45) is 2.87. The van der Waals surface area contributed by atoms with Crippen LogP contribution in [0.2, 0.25) is 0 Å². The first kappa shape index (κ1) is 18.8. The van der Waals surface area contributed by atoms with Crippen molar-refractivity contribution in [2.45, 2.75) is 19.9 Å². The molecule has 1 atom stereocenters. The Kier molecular flexibility index (Phi) is 5.63. The first-order valence-electron chi connectivity index (χ1n) is 8.93. The van der Waals surface area contributed by atoms with Gasteiger partial charge in [-0.3, -0.25) is 14.4 Å². The number of nitrogens with zero attached hydrogens (tertiary/aromatic N) is 2. The summed E-state index contributed by atoms with van der Waals surface area (Å²) in [4.78, 5) is 40.8. The van der Waals surface area contributed by atoms with Gasteiger partial charge < -0.3 is 24.0 Å². The number of furan rings is 2. The number of carbonyl (C=O) groups excluding carboxylic acids is 3. The van der Waals surface area contributed by atoms with Crippen LogP contribution < -0.4 is 5.32 Å². The van der Waals surface area contributed by atoms with Gasteiger partial charge in [-0.05, 0) is 30.2 Å². The summed E-state index contributed by atoms with van der Waals surface area (Å²) in [6.45, 7) is 5.41. The minimum absolute atomic E-state index is 0.0841. The van der Waals surface area contributed by atoms with E-state index in [4.69, 9.17) is 8.83 Å². The van der Waals surface area contributed by atoms with Crippen molar-refractivity contribution in [1.82, 2.24) is 15.1 Å². The van der Waals surface area contributed by atoms with Crippen LogP contribution in [0.5, 0.6) is 0 Å². The average Bonchev–Trinajstić information content (AvgIpc) is 3.38. The van der Waals surface area contributed by atoms with Crippen molar-refractivity contribution in [2.24, 2.45) is 5.92 Å². The Balaban J connectivity index is 1.59. The molecule has 0 unspecified atom stereocenters. The van der Waals surface area contributed by atoms with Gasteiger partial charge in [0.25, 0.3) is 11.8 Å². The number of hydrogen-bond donors (Lipinski definition) is 1. The van der Waals surface area contributed by atoms with E-state index in [2.05, 4.69) is 5.32 Å². The molecule has 0 aliphatic carbocycles. The van der Waals surface area contributed by atoms with E-state index in [1.165, 1.54) is 12.5 Å². The van der Waals surface area contributed by atoms with Crippen molar-refractivity contribution >= 4 is 17.7 Å². The fourth-order valence-electron chi connectivity index (χ4n) is 3.02. The highest BCUT2D eigenvalue weighted by molar-refractivity contribution is 5.96. The van der Waals surface area contributed by atoms with Gasteiger partial charge in [0, 0.05) is 26.2 Å². The molecule has 1 N–H and O–H groups in total. The molecule has 1 saturated heterocycles. The first-order valence-corrected chi connectivity index (χ1v) is 8.93. The Morgan fingerprint density at radius 2 is 1.48 bits per heavy atom. The van der Waals surface area contributed by atoms with Gasteiger partial charge in [-0.1, -0.05) is 13.8 Å². The Morgan fingerprint density at radius 3 is 2.00 bits per heavy atom. The van der Waals surface area contributed by atoms with Crippen molar-refractivity contribution in [2.75, 3.05) is 26.2 Å². The highest BCUT2D eigenvalue weighted by Crippen LogP contribution is 2.13. The van der Waals surface area contributed by atoms with Crippen molar-refractivity contribution in [1.29, 1.82) is 0 Å². The molecule has 0 radical (unpaired) electrons. The van der Waals surface area contributed by atoms with Crippen LogP contribution in [0, 0.1) is 5.92 Å². The molecular formula is C19H23N3O5. The molecule has 3 heterocycles. The molecule has 0 aromatic carbocycles. The monoisotopic (exact) mass is 373 g/mol. The molecule has 1 aliphatic heterocycles. The van der Waals surface area contributed by atoms with Crippen molar-refractivity contribution in [3.05, 3.63) is 48.3 Å². The van der Waals surface area contributed by atoms with Crippen LogP contribution in [0.15, 0.2) is 45.6 Å². The normalized spacial score (nSPS) is 15.7. The standard InChI is InChI=1S/C19H23N3O5/c1-13(2)16(20-17(23)14-5-3-11-26-14)19(25)22-9-7-21(8-10-22)18(24)15-6-4-12-27-15/h3-6,11-13,16H,7-10H2,1-2H3,(H,20,23)/t16-/m1/s1. The largest absolute Gasteiger partial charge is 0.459 e. The molecule has 0 spiro atoms. The van der Waals surface area contributed by atoms with Gasteiger partial charge in [-0.25, -0.2) is 0 Å². The molecule has 144 valence electrons. The van der Waals surface area contributed by atoms with Crippen molar-refractivity contribution < 1.29 is 23.2 Å². The summed E-state index contributed by atoms with van der Waals surface area (Å²) >= 11 is 0. The van der Waals surface area contributed by atoms with Crippen LogP contribution in [0.25, 0.3) is 0 Å². The van der Waals surface area contributed by atoms with Crippen molar-refractivity contribution in [3.63, 3.8) is 0 Å². The van der Waals surface area contributed by atoms with Crippen molar-refractivity contribution in [3.8, 4) is 0 Å². The number of hydrogen-bond acceptors (Lipinski definition) is 5. The molecule has 27 heavy (non-hydrogen) atoms. The van der Waals surface area contributed by atoms with Gasteiger partial charge in [0.2, 0.25) is 5.91 Å². The molecule has 1 fully saturated rings. The lowest BCUT2D eigenvalue weighted by atomic mass is 10.0. The summed E-state index contributed by atoms with van der Waals surface area (Å²) in [5, 5.41) is 2.75. The maximum Gasteiger partial charge on any atom is 0.289 e. The van der Waals surface area contributed by atoms with Gasteiger partial charge in [0.15, 0.2) is 11.5 Å². The Morgan fingerprint density at radius 1 is 0.926 bits per heavy atom. The van der Waals surface area contributed by atoms with E-state index in [0.717, 1.165) is 0 Å². The quantitative estimate of drug-likeness (QED) is 0.859. The lowest BCUT2D eigenvalue weighted by Crippen LogP contribution is -2.57. The lowest BCUT2D eigenvalue weighted by Gasteiger charge is -2.37. The van der Waals surface area contributed by atoms with Crippen LogP contribution in [-0.4, -0.2) is 59.7 Å². The third kappa shape index (κ3) is 4.21. The first-order chi connectivity index (χ1) is 13.0. The molecular weight excluding hydrogens is 350 g/mol. The summed E-state index contributed by atoms with van der Waals surface area (Å²) in [5.74, 6) is -0.380. The summed E-state index contributed by atoms with van der Waals surface area (Å²) in [5.41, 5.74) is 0. The molecule has 2 aromatic rings. The summed E-state index contributed by atoms with van der Waals surface area (Å²) in [6, 6.07) is 5.81. The molecule has 3 amide bonds. The van der Waals surface area contributed by atoms with Gasteiger partial charge in [-0.15, -0.1) is 0 Å². The minimum atomic E-state index is -0.657. The molecule has 8 nitrogen and oxygen atoms in total. The predicted octanol–water partition coefficient (Wildman–Crippen LogP) is 1.61. The smallest absolute Gasteiger partial charge is 0.289 e. The second-order valence-electron chi connectivity index (χ2n) is 6.77. The van der Waals surface area contributed by atoms with Crippen LogP contribution in [-0.2, 0) is 4.79 Å². The Bertz CT molecular complexity index is 774. The third-order valence-electron chi connectivity index (χ3n) is 4.57. The zero-order valence-electron chi connectivity index (χ0n) is 15.4. The number of amides is 3. The van der Waals surface area contributed by atoms with Crippen LogP contribution in [0.1, 0.15) is 35.0 Å². The fourth-order valence-corrected chi connectivity index (χ4v) is 3.02. The summed E-state index contributed by atoms with van der Waals surface area (Å²) < 4.78 is 10.2. The van der Waals surface area contributed by atoms with Gasteiger partial charge >= 0.3 is 0 Å². The van der Waals surface area contributed by atoms with E-state index in [-0.39, 0.29) is 23.5 Å². The molecule has 0 saturated carbocycles. The predicted molar refractivity (Wildman–Crippen MR) is 96.0 cm³/mol. The van der Waals surface area contributed by atoms with Gasteiger partial charge in [0.05, 0.1) is 12.5 Å². The highest BCUT2D eigenvalue weighted by atomic mass is 16.3. The van der Waals surface area contributed by atoms with Crippen LogP contribution in [0.3, 0.4) is 0 Å².